The monoisotopic (exact) mass is 358 g/mol. The summed E-state index contributed by atoms with van der Waals surface area (Å²) in [4.78, 5) is 2.24. The molecule has 0 aliphatic carbocycles. The Morgan fingerprint density at radius 1 is 1.15 bits per heavy atom. The van der Waals surface area contributed by atoms with Crippen LogP contribution in [0.3, 0.4) is 0 Å². The molecular formula is C22H34N2O2. The molecule has 1 unspecified atom stereocenters. The van der Waals surface area contributed by atoms with Crippen LogP contribution in [0.15, 0.2) is 42.6 Å². The van der Waals surface area contributed by atoms with E-state index in [1.165, 1.54) is 16.8 Å². The van der Waals surface area contributed by atoms with Crippen LogP contribution < -0.4 is 0 Å². The van der Waals surface area contributed by atoms with Gasteiger partial charge in [0, 0.05) is 45.2 Å². The molecule has 0 radical (unpaired) electrons. The van der Waals surface area contributed by atoms with E-state index >= 15 is 0 Å². The fourth-order valence-electron chi connectivity index (χ4n) is 3.11. The third-order valence-corrected chi connectivity index (χ3v) is 4.62. The molecular weight excluding hydrogens is 324 g/mol. The smallest absolute Gasteiger partial charge is 0.0639 e. The number of ether oxygens (including phenoxy) is 1. The molecule has 4 heteroatoms. The van der Waals surface area contributed by atoms with E-state index in [1.54, 1.807) is 7.11 Å². The van der Waals surface area contributed by atoms with Crippen molar-refractivity contribution in [2.75, 3.05) is 26.8 Å². The van der Waals surface area contributed by atoms with Crippen molar-refractivity contribution in [1.29, 1.82) is 0 Å². The Bertz CT molecular complexity index is 654. The largest absolute Gasteiger partial charge is 0.392 e. The third-order valence-electron chi connectivity index (χ3n) is 4.62. The van der Waals surface area contributed by atoms with E-state index < -0.39 is 0 Å². The Morgan fingerprint density at radius 3 is 2.42 bits per heavy atom. The topological polar surface area (TPSA) is 37.6 Å². The van der Waals surface area contributed by atoms with Gasteiger partial charge in [0.25, 0.3) is 0 Å². The van der Waals surface area contributed by atoms with Crippen molar-refractivity contribution in [3.63, 3.8) is 0 Å². The second-order valence-corrected chi connectivity index (χ2v) is 8.15. The lowest BCUT2D eigenvalue weighted by Gasteiger charge is -2.24. The van der Waals surface area contributed by atoms with E-state index in [-0.39, 0.29) is 11.5 Å². The maximum absolute atomic E-state index is 9.76. The number of hydrogen-bond acceptors (Lipinski definition) is 3. The molecule has 1 heterocycles. The lowest BCUT2D eigenvalue weighted by molar-refractivity contribution is 0.0926. The minimum Gasteiger partial charge on any atom is -0.392 e. The second kappa shape index (κ2) is 9.36. The Morgan fingerprint density at radius 2 is 1.85 bits per heavy atom. The number of aliphatic hydroxyl groups is 1. The van der Waals surface area contributed by atoms with Gasteiger partial charge in [-0.25, -0.2) is 0 Å². The molecule has 0 aliphatic rings. The molecule has 0 bridgehead atoms. The van der Waals surface area contributed by atoms with Gasteiger partial charge >= 0.3 is 0 Å². The summed E-state index contributed by atoms with van der Waals surface area (Å²) in [5, 5.41) is 9.76. The number of aliphatic hydroxyl groups excluding tert-OH is 1. The van der Waals surface area contributed by atoms with Gasteiger partial charge in [-0.05, 0) is 35.6 Å². The molecule has 4 nitrogen and oxygen atoms in total. The number of benzene rings is 1. The van der Waals surface area contributed by atoms with Gasteiger partial charge in [0.1, 0.15) is 0 Å². The molecule has 2 rings (SSSR count). The lowest BCUT2D eigenvalue weighted by Crippen LogP contribution is -2.34. The molecule has 1 atom stereocenters. The summed E-state index contributed by atoms with van der Waals surface area (Å²) in [5.74, 6) is 0. The quantitative estimate of drug-likeness (QED) is 0.743. The first-order valence-corrected chi connectivity index (χ1v) is 9.42. The molecule has 1 N–H and O–H groups in total. The highest BCUT2D eigenvalue weighted by molar-refractivity contribution is 5.28. The van der Waals surface area contributed by atoms with Crippen molar-refractivity contribution in [3.05, 3.63) is 59.4 Å². The van der Waals surface area contributed by atoms with E-state index in [1.807, 2.05) is 6.92 Å². The SMILES string of the molecule is COCCN(Cc1cccn1Cc1ccc(C(C)(C)C)cc1)CC(C)O. The lowest BCUT2D eigenvalue weighted by atomic mass is 9.87. The summed E-state index contributed by atoms with van der Waals surface area (Å²) in [6, 6.07) is 13.2. The van der Waals surface area contributed by atoms with Gasteiger partial charge < -0.3 is 14.4 Å². The molecule has 1 aromatic carbocycles. The molecule has 0 spiro atoms. The minimum absolute atomic E-state index is 0.181. The van der Waals surface area contributed by atoms with Crippen LogP contribution in [0.2, 0.25) is 0 Å². The molecule has 0 saturated heterocycles. The van der Waals surface area contributed by atoms with Gasteiger partial charge in [-0.1, -0.05) is 45.0 Å². The summed E-state index contributed by atoms with van der Waals surface area (Å²) < 4.78 is 7.49. The second-order valence-electron chi connectivity index (χ2n) is 8.15. The predicted molar refractivity (Wildman–Crippen MR) is 108 cm³/mol. The Hall–Kier alpha value is -1.62. The van der Waals surface area contributed by atoms with E-state index in [0.717, 1.165) is 19.6 Å². The fraction of sp³-hybridized carbons (Fsp3) is 0.545. The van der Waals surface area contributed by atoms with Crippen molar-refractivity contribution in [2.45, 2.75) is 52.3 Å². The standard InChI is InChI=1S/C22H34N2O2/c1-18(25)15-23(13-14-26-5)17-21-7-6-12-24(21)16-19-8-10-20(11-9-19)22(2,3)4/h6-12,18,25H,13-17H2,1-5H3. The molecule has 0 aliphatic heterocycles. The van der Waals surface area contributed by atoms with Crippen LogP contribution >= 0.6 is 0 Å². The summed E-state index contributed by atoms with van der Waals surface area (Å²) in [7, 11) is 1.71. The zero-order valence-corrected chi connectivity index (χ0v) is 16.9. The third kappa shape index (κ3) is 6.27. The van der Waals surface area contributed by atoms with Crippen molar-refractivity contribution in [3.8, 4) is 0 Å². The average molecular weight is 359 g/mol. The molecule has 26 heavy (non-hydrogen) atoms. The van der Waals surface area contributed by atoms with Crippen LogP contribution in [0.4, 0.5) is 0 Å². The van der Waals surface area contributed by atoms with E-state index in [4.69, 9.17) is 4.74 Å². The fourth-order valence-corrected chi connectivity index (χ4v) is 3.11. The highest BCUT2D eigenvalue weighted by atomic mass is 16.5. The number of nitrogens with zero attached hydrogens (tertiary/aromatic N) is 2. The van der Waals surface area contributed by atoms with Crippen LogP contribution in [-0.4, -0.2) is 47.5 Å². The maximum atomic E-state index is 9.76. The van der Waals surface area contributed by atoms with E-state index in [2.05, 4.69) is 72.8 Å². The van der Waals surface area contributed by atoms with Crippen LogP contribution in [0.25, 0.3) is 0 Å². The molecule has 0 amide bonds. The summed E-state index contributed by atoms with van der Waals surface area (Å²) in [6.07, 6.45) is 1.78. The van der Waals surface area contributed by atoms with Gasteiger partial charge in [-0.3, -0.25) is 4.90 Å². The number of aromatic nitrogens is 1. The normalized spacial score (nSPS) is 13.3. The van der Waals surface area contributed by atoms with Crippen molar-refractivity contribution >= 4 is 0 Å². The number of hydrogen-bond donors (Lipinski definition) is 1. The summed E-state index contributed by atoms with van der Waals surface area (Å²) in [5.41, 5.74) is 4.09. The van der Waals surface area contributed by atoms with Gasteiger partial charge in [-0.2, -0.15) is 0 Å². The van der Waals surface area contributed by atoms with Crippen LogP contribution in [0, 0.1) is 0 Å². The summed E-state index contributed by atoms with van der Waals surface area (Å²) in [6.45, 7) is 12.3. The highest BCUT2D eigenvalue weighted by Gasteiger charge is 2.14. The van der Waals surface area contributed by atoms with Gasteiger partial charge in [0.2, 0.25) is 0 Å². The zero-order chi connectivity index (χ0) is 19.2. The molecule has 0 saturated carbocycles. The van der Waals surface area contributed by atoms with Gasteiger partial charge in [-0.15, -0.1) is 0 Å². The molecule has 0 fully saturated rings. The van der Waals surface area contributed by atoms with Gasteiger partial charge in [0.15, 0.2) is 0 Å². The highest BCUT2D eigenvalue weighted by Crippen LogP contribution is 2.22. The molecule has 2 aromatic rings. The molecule has 1 aromatic heterocycles. The average Bonchev–Trinajstić information content (AvgIpc) is 2.98. The first kappa shape index (κ1) is 20.7. The predicted octanol–water partition coefficient (Wildman–Crippen LogP) is 3.66. The Labute approximate surface area is 158 Å². The van der Waals surface area contributed by atoms with Crippen LogP contribution in [0.5, 0.6) is 0 Å². The van der Waals surface area contributed by atoms with Crippen LogP contribution in [-0.2, 0) is 23.2 Å². The van der Waals surface area contributed by atoms with E-state index in [9.17, 15) is 5.11 Å². The maximum Gasteiger partial charge on any atom is 0.0639 e. The van der Waals surface area contributed by atoms with Crippen molar-refractivity contribution in [1.82, 2.24) is 9.47 Å². The van der Waals surface area contributed by atoms with Gasteiger partial charge in [0.05, 0.1) is 12.7 Å². The van der Waals surface area contributed by atoms with Crippen molar-refractivity contribution in [2.24, 2.45) is 0 Å². The Balaban J connectivity index is 2.07. The van der Waals surface area contributed by atoms with E-state index in [0.29, 0.717) is 13.2 Å². The van der Waals surface area contributed by atoms with Crippen LogP contribution in [0.1, 0.15) is 44.5 Å². The Kier molecular flexibility index (Phi) is 7.44. The minimum atomic E-state index is -0.347. The number of rotatable bonds is 9. The van der Waals surface area contributed by atoms with Crippen molar-refractivity contribution < 1.29 is 9.84 Å². The molecule has 144 valence electrons. The first-order valence-electron chi connectivity index (χ1n) is 9.42. The number of methoxy groups -OCH3 is 1. The zero-order valence-electron chi connectivity index (χ0n) is 16.9. The summed E-state index contributed by atoms with van der Waals surface area (Å²) >= 11 is 0. The first-order chi connectivity index (χ1) is 12.3.